The van der Waals surface area contributed by atoms with Gasteiger partial charge in [-0.1, -0.05) is 11.4 Å². The molecule has 1 unspecified atom stereocenters. The molecule has 6 heteroatoms. The van der Waals surface area contributed by atoms with Crippen molar-refractivity contribution < 1.29 is 9.09 Å². The van der Waals surface area contributed by atoms with Gasteiger partial charge >= 0.3 is 6.72 Å². The molecule has 8 heavy (non-hydrogen) atoms. The van der Waals surface area contributed by atoms with Crippen LogP contribution in [0.2, 0.25) is 0 Å². The molecule has 0 bridgehead atoms. The Balaban J connectivity index is 0. The smallest absolute Gasteiger partial charge is 0.313 e. The molecule has 0 aromatic heterocycles. The molecule has 0 fully saturated rings. The molecule has 0 aromatic carbocycles. The molecule has 0 rings (SSSR count). The fourth-order valence-corrected chi connectivity index (χ4v) is 0.671. The fraction of sp³-hybridized carbons (Fsp3) is 1.00. The molecule has 0 radical (unpaired) electrons. The van der Waals surface area contributed by atoms with Gasteiger partial charge in [-0.3, -0.25) is 10.1 Å². The van der Waals surface area contributed by atoms with Crippen LogP contribution >= 0.6 is 18.1 Å². The lowest BCUT2D eigenvalue weighted by Crippen LogP contribution is -1.89. The lowest BCUT2D eigenvalue weighted by molar-refractivity contribution is 0.410. The van der Waals surface area contributed by atoms with E-state index in [4.69, 9.17) is 5.50 Å². The molecule has 1 atom stereocenters. The molecule has 0 saturated carbocycles. The van der Waals surface area contributed by atoms with Crippen molar-refractivity contribution in [2.24, 2.45) is 5.50 Å². The number of rotatable bonds is 2. The zero-order valence-electron chi connectivity index (χ0n) is 4.25. The van der Waals surface area contributed by atoms with E-state index in [-0.39, 0.29) is 17.4 Å². The zero-order chi connectivity index (χ0) is 5.91. The van der Waals surface area contributed by atoms with Crippen molar-refractivity contribution in [2.75, 3.05) is 13.4 Å². The van der Waals surface area contributed by atoms with Gasteiger partial charge in [-0.25, -0.2) is 0 Å². The highest BCUT2D eigenvalue weighted by Crippen LogP contribution is 2.48. The van der Waals surface area contributed by atoms with Gasteiger partial charge in [0.05, 0.1) is 0 Å². The molecular formula is C2H11AlNO2PS. The van der Waals surface area contributed by atoms with E-state index in [2.05, 4.69) is 4.52 Å². The molecule has 0 heterocycles. The summed E-state index contributed by atoms with van der Waals surface area (Å²) < 4.78 is 14.9. The van der Waals surface area contributed by atoms with Gasteiger partial charge in [0.1, 0.15) is 0 Å². The minimum Gasteiger partial charge on any atom is -0.313 e. The van der Waals surface area contributed by atoms with E-state index in [0.717, 1.165) is 11.4 Å². The van der Waals surface area contributed by atoms with Crippen molar-refractivity contribution in [3.8, 4) is 0 Å². The first-order valence-corrected chi connectivity index (χ1v) is 5.15. The normalized spacial score (nSPS) is 16.4. The van der Waals surface area contributed by atoms with E-state index in [1.54, 1.807) is 6.26 Å². The predicted octanol–water partition coefficient (Wildman–Crippen LogP) is -0.121. The molecule has 3 nitrogen and oxygen atoms in total. The van der Waals surface area contributed by atoms with Crippen LogP contribution in [0.5, 0.6) is 0 Å². The van der Waals surface area contributed by atoms with Gasteiger partial charge in [0.2, 0.25) is 0 Å². The van der Waals surface area contributed by atoms with Crippen LogP contribution < -0.4 is 5.50 Å². The lowest BCUT2D eigenvalue weighted by atomic mass is 11.8. The van der Waals surface area contributed by atoms with Gasteiger partial charge in [0, 0.05) is 7.11 Å². The van der Waals surface area contributed by atoms with Crippen molar-refractivity contribution in [3.05, 3.63) is 0 Å². The standard InChI is InChI=1S/C2H8NO2PS.Al.3H/c1-5-6(3,4)7-2;;;;/h1-2H3,(H2,3,4);;;;. The Bertz CT molecular complexity index is 92.0. The minimum atomic E-state index is -2.74. The average molecular weight is 171 g/mol. The maximum Gasteiger partial charge on any atom is 0.323 e. The van der Waals surface area contributed by atoms with Crippen LogP contribution in [0.3, 0.4) is 0 Å². The largest absolute Gasteiger partial charge is 0.323 e. The summed E-state index contributed by atoms with van der Waals surface area (Å²) in [5.41, 5.74) is 5.01. The summed E-state index contributed by atoms with van der Waals surface area (Å²) in [5, 5.41) is 0. The summed E-state index contributed by atoms with van der Waals surface area (Å²) in [6, 6.07) is 0. The van der Waals surface area contributed by atoms with Crippen LogP contribution in [0.25, 0.3) is 0 Å². The molecule has 0 aliphatic carbocycles. The molecule has 50 valence electrons. The highest BCUT2D eigenvalue weighted by atomic mass is 32.7. The molecule has 0 aliphatic heterocycles. The van der Waals surface area contributed by atoms with E-state index in [0.29, 0.717) is 0 Å². The van der Waals surface area contributed by atoms with Gasteiger partial charge in [-0.05, 0) is 6.26 Å². The van der Waals surface area contributed by atoms with Crippen LogP contribution in [0.15, 0.2) is 0 Å². The van der Waals surface area contributed by atoms with Crippen LogP contribution in [0, 0.1) is 0 Å². The third kappa shape index (κ3) is 5.17. The summed E-state index contributed by atoms with van der Waals surface area (Å²) in [7, 11) is 1.33. The summed E-state index contributed by atoms with van der Waals surface area (Å²) in [5.74, 6) is 0. The van der Waals surface area contributed by atoms with Gasteiger partial charge in [-0.15, -0.1) is 0 Å². The zero-order valence-corrected chi connectivity index (χ0v) is 5.96. The van der Waals surface area contributed by atoms with Crippen molar-refractivity contribution >= 4 is 35.5 Å². The Morgan fingerprint density at radius 3 is 2.12 bits per heavy atom. The summed E-state index contributed by atoms with van der Waals surface area (Å²) in [6.07, 6.45) is 1.64. The first-order valence-electron chi connectivity index (χ1n) is 1.62. The van der Waals surface area contributed by atoms with E-state index in [1.165, 1.54) is 7.11 Å². The second kappa shape index (κ2) is 4.87. The third-order valence-electron chi connectivity index (χ3n) is 0.509. The number of hydrogen-bond donors (Lipinski definition) is 1. The third-order valence-corrected chi connectivity index (χ3v) is 3.50. The van der Waals surface area contributed by atoms with Crippen molar-refractivity contribution in [3.63, 3.8) is 0 Å². The molecular weight excluding hydrogens is 160 g/mol. The van der Waals surface area contributed by atoms with Gasteiger partial charge in [0.15, 0.2) is 17.4 Å². The second-order valence-corrected chi connectivity index (χ2v) is 5.34. The molecule has 0 amide bonds. The maximum absolute atomic E-state index is 10.5. The first-order chi connectivity index (χ1) is 3.12. The Morgan fingerprint density at radius 2 is 2.12 bits per heavy atom. The highest BCUT2D eigenvalue weighted by Gasteiger charge is 2.09. The van der Waals surface area contributed by atoms with E-state index in [9.17, 15) is 4.57 Å². The van der Waals surface area contributed by atoms with Crippen molar-refractivity contribution in [1.82, 2.24) is 0 Å². The second-order valence-electron chi connectivity index (χ2n) is 0.905. The maximum atomic E-state index is 10.5. The molecule has 0 aromatic rings. The number of hydrogen-bond acceptors (Lipinski definition) is 3. The summed E-state index contributed by atoms with van der Waals surface area (Å²) in [6.45, 7) is -2.74. The van der Waals surface area contributed by atoms with Crippen LogP contribution in [-0.2, 0) is 9.09 Å². The van der Waals surface area contributed by atoms with Crippen LogP contribution in [0.4, 0.5) is 0 Å². The van der Waals surface area contributed by atoms with Crippen LogP contribution in [-0.4, -0.2) is 30.7 Å². The lowest BCUT2D eigenvalue weighted by Gasteiger charge is -2.02. The SMILES string of the molecule is COP(N)(=O)SC.[AlH3]. The summed E-state index contributed by atoms with van der Waals surface area (Å²) in [4.78, 5) is 0. The van der Waals surface area contributed by atoms with E-state index >= 15 is 0 Å². The molecule has 2 N–H and O–H groups in total. The van der Waals surface area contributed by atoms with E-state index in [1.807, 2.05) is 0 Å². The molecule has 0 saturated heterocycles. The Morgan fingerprint density at radius 1 is 1.75 bits per heavy atom. The fourth-order valence-electron chi connectivity index (χ4n) is 0.0745. The summed E-state index contributed by atoms with van der Waals surface area (Å²) >= 11 is 1.04. The van der Waals surface area contributed by atoms with Crippen molar-refractivity contribution in [2.45, 2.75) is 0 Å². The monoisotopic (exact) mass is 171 g/mol. The predicted molar refractivity (Wildman–Crippen MR) is 42.3 cm³/mol. The van der Waals surface area contributed by atoms with Crippen molar-refractivity contribution in [1.29, 1.82) is 0 Å². The van der Waals surface area contributed by atoms with Gasteiger partial charge < -0.3 is 4.52 Å². The van der Waals surface area contributed by atoms with E-state index < -0.39 is 6.72 Å². The molecule has 0 spiro atoms. The number of nitrogens with two attached hydrogens (primary N) is 1. The highest BCUT2D eigenvalue weighted by molar-refractivity contribution is 8.55. The average Bonchev–Trinajstić information content (AvgIpc) is 1.68. The minimum absolute atomic E-state index is 0. The quantitative estimate of drug-likeness (QED) is 0.465. The topological polar surface area (TPSA) is 52.3 Å². The first kappa shape index (κ1) is 11.8. The van der Waals surface area contributed by atoms with Crippen LogP contribution in [0.1, 0.15) is 0 Å². The molecule has 0 aliphatic rings. The van der Waals surface area contributed by atoms with Gasteiger partial charge in [-0.2, -0.15) is 0 Å². The Hall–Kier alpha value is 1.03. The Kier molecular flexibility index (Phi) is 7.17. The Labute approximate surface area is 63.7 Å². The van der Waals surface area contributed by atoms with Gasteiger partial charge in [0.25, 0.3) is 0 Å².